The van der Waals surface area contributed by atoms with Gasteiger partial charge in [0.25, 0.3) is 0 Å². The number of hydrogen-bond acceptors (Lipinski definition) is 2. The topological polar surface area (TPSA) is 46.2 Å². The van der Waals surface area contributed by atoms with E-state index in [0.29, 0.717) is 12.4 Å². The van der Waals surface area contributed by atoms with Crippen LogP contribution < -0.4 is 4.72 Å². The number of hydrogen-bond donors (Lipinski definition) is 1. The van der Waals surface area contributed by atoms with Crippen LogP contribution in [0.15, 0.2) is 0 Å². The van der Waals surface area contributed by atoms with Crippen molar-refractivity contribution in [3.05, 3.63) is 0 Å². The average molecular weight is 242 g/mol. The molecule has 0 saturated heterocycles. The summed E-state index contributed by atoms with van der Waals surface area (Å²) in [7, 11) is -3.16. The third-order valence-corrected chi connectivity index (χ3v) is 3.71. The fraction of sp³-hybridized carbons (Fsp3) is 1.00. The largest absolute Gasteiger partial charge is 0.215 e. The van der Waals surface area contributed by atoms with E-state index in [-0.39, 0.29) is 17.1 Å². The minimum atomic E-state index is -3.16. The Kier molecular flexibility index (Phi) is 5.41. The van der Waals surface area contributed by atoms with Gasteiger partial charge >= 0.3 is 0 Å². The van der Waals surface area contributed by atoms with Crippen LogP contribution in [0.5, 0.6) is 0 Å². The van der Waals surface area contributed by atoms with Crippen molar-refractivity contribution < 1.29 is 8.42 Å². The summed E-state index contributed by atoms with van der Waals surface area (Å²) in [5.41, 5.74) is -0.0305. The van der Waals surface area contributed by atoms with Crippen LogP contribution in [0.2, 0.25) is 0 Å². The van der Waals surface area contributed by atoms with Gasteiger partial charge in [-0.3, -0.25) is 0 Å². The summed E-state index contributed by atoms with van der Waals surface area (Å²) in [6.45, 7) is 8.25. The number of alkyl halides is 1. The second-order valence-corrected chi connectivity index (χ2v) is 7.08. The maximum Gasteiger partial charge on any atom is 0.211 e. The Morgan fingerprint density at radius 2 is 1.86 bits per heavy atom. The smallest absolute Gasteiger partial charge is 0.211 e. The molecule has 1 N–H and O–H groups in total. The van der Waals surface area contributed by atoms with Crippen LogP contribution in [-0.4, -0.2) is 26.6 Å². The lowest BCUT2D eigenvalue weighted by Gasteiger charge is -2.19. The van der Waals surface area contributed by atoms with E-state index in [4.69, 9.17) is 11.6 Å². The summed E-state index contributed by atoms with van der Waals surface area (Å²) in [5, 5.41) is 0. The molecule has 1 unspecified atom stereocenters. The van der Waals surface area contributed by atoms with Crippen LogP contribution in [0.25, 0.3) is 0 Å². The maximum absolute atomic E-state index is 11.5. The molecule has 0 radical (unpaired) electrons. The molecule has 0 aromatic heterocycles. The van der Waals surface area contributed by atoms with Crippen LogP contribution in [-0.2, 0) is 10.0 Å². The molecule has 0 aliphatic carbocycles. The summed E-state index contributed by atoms with van der Waals surface area (Å²) >= 11 is 5.56. The van der Waals surface area contributed by atoms with E-state index in [1.165, 1.54) is 0 Å². The minimum Gasteiger partial charge on any atom is -0.215 e. The van der Waals surface area contributed by atoms with E-state index in [9.17, 15) is 8.42 Å². The highest BCUT2D eigenvalue weighted by Crippen LogP contribution is 2.11. The molecule has 0 amide bonds. The van der Waals surface area contributed by atoms with Gasteiger partial charge in [-0.25, -0.2) is 13.1 Å². The van der Waals surface area contributed by atoms with Crippen LogP contribution in [0.4, 0.5) is 0 Å². The highest BCUT2D eigenvalue weighted by atomic mass is 35.5. The van der Waals surface area contributed by atoms with Crippen molar-refractivity contribution in [1.29, 1.82) is 0 Å². The van der Waals surface area contributed by atoms with Crippen molar-refractivity contribution in [3.8, 4) is 0 Å². The van der Waals surface area contributed by atoms with Crippen LogP contribution in [0, 0.1) is 11.3 Å². The third kappa shape index (κ3) is 7.59. The fourth-order valence-electron chi connectivity index (χ4n) is 0.804. The van der Waals surface area contributed by atoms with Crippen LogP contribution in [0.3, 0.4) is 0 Å². The molecule has 0 spiro atoms. The molecule has 5 heteroatoms. The normalized spacial score (nSPS) is 15.5. The molecular weight excluding hydrogens is 222 g/mol. The van der Waals surface area contributed by atoms with Gasteiger partial charge in [-0.05, 0) is 11.3 Å². The second kappa shape index (κ2) is 5.33. The van der Waals surface area contributed by atoms with Gasteiger partial charge in [0.1, 0.15) is 0 Å². The number of sulfonamides is 1. The van der Waals surface area contributed by atoms with Gasteiger partial charge in [-0.1, -0.05) is 27.7 Å². The van der Waals surface area contributed by atoms with Gasteiger partial charge in [0.05, 0.1) is 5.75 Å². The van der Waals surface area contributed by atoms with E-state index >= 15 is 0 Å². The summed E-state index contributed by atoms with van der Waals surface area (Å²) < 4.78 is 25.5. The Morgan fingerprint density at radius 3 is 2.21 bits per heavy atom. The van der Waals surface area contributed by atoms with E-state index in [1.807, 2.05) is 27.7 Å². The molecule has 0 saturated carbocycles. The Hall–Kier alpha value is 0.200. The zero-order valence-electron chi connectivity index (χ0n) is 9.30. The van der Waals surface area contributed by atoms with Gasteiger partial charge in [0.2, 0.25) is 10.0 Å². The third-order valence-electron chi connectivity index (χ3n) is 1.59. The molecule has 0 aromatic carbocycles. The highest BCUT2D eigenvalue weighted by molar-refractivity contribution is 7.89. The van der Waals surface area contributed by atoms with Gasteiger partial charge in [0, 0.05) is 12.4 Å². The molecule has 0 heterocycles. The van der Waals surface area contributed by atoms with E-state index < -0.39 is 10.0 Å². The van der Waals surface area contributed by atoms with Gasteiger partial charge < -0.3 is 0 Å². The molecule has 3 nitrogen and oxygen atoms in total. The summed E-state index contributed by atoms with van der Waals surface area (Å²) in [4.78, 5) is 0. The van der Waals surface area contributed by atoms with Crippen molar-refractivity contribution in [3.63, 3.8) is 0 Å². The first kappa shape index (κ1) is 14.2. The zero-order valence-corrected chi connectivity index (χ0v) is 10.9. The lowest BCUT2D eigenvalue weighted by Crippen LogP contribution is -2.35. The monoisotopic (exact) mass is 241 g/mol. The average Bonchev–Trinajstić information content (AvgIpc) is 1.99. The molecule has 0 aliphatic rings. The molecule has 14 heavy (non-hydrogen) atoms. The first-order valence-electron chi connectivity index (χ1n) is 4.69. The van der Waals surface area contributed by atoms with Crippen LogP contribution in [0.1, 0.15) is 27.7 Å². The lowest BCUT2D eigenvalue weighted by atomic mass is 9.98. The number of nitrogens with one attached hydrogen (secondary N) is 1. The minimum absolute atomic E-state index is 0.00543. The first-order valence-corrected chi connectivity index (χ1v) is 6.88. The molecule has 0 aromatic rings. The quantitative estimate of drug-likeness (QED) is 0.747. The zero-order chi connectivity index (χ0) is 11.4. The summed E-state index contributed by atoms with van der Waals surface area (Å²) in [6, 6.07) is 0. The molecule has 0 fully saturated rings. The van der Waals surface area contributed by atoms with Crippen molar-refractivity contribution in [1.82, 2.24) is 4.72 Å². The molecule has 86 valence electrons. The SMILES string of the molecule is CC(CCl)CS(=O)(=O)NCC(C)(C)C. The second-order valence-electron chi connectivity index (χ2n) is 4.92. The van der Waals surface area contributed by atoms with Crippen molar-refractivity contribution in [2.24, 2.45) is 11.3 Å². The summed E-state index contributed by atoms with van der Waals surface area (Å²) in [5.74, 6) is 0.470. The molecule has 1 atom stereocenters. The standard InChI is InChI=1S/C9H20ClNO2S/c1-8(5-10)6-14(12,13)11-7-9(2,3)4/h8,11H,5-7H2,1-4H3. The van der Waals surface area contributed by atoms with Gasteiger partial charge in [-0.15, -0.1) is 11.6 Å². The highest BCUT2D eigenvalue weighted by Gasteiger charge is 2.18. The number of rotatable bonds is 5. The van der Waals surface area contributed by atoms with Crippen LogP contribution >= 0.6 is 11.6 Å². The molecule has 0 aliphatic heterocycles. The van der Waals surface area contributed by atoms with Gasteiger partial charge in [0.15, 0.2) is 0 Å². The number of halogens is 1. The predicted octanol–water partition coefficient (Wildman–Crippen LogP) is 1.83. The van der Waals surface area contributed by atoms with E-state index in [0.717, 1.165) is 0 Å². The van der Waals surface area contributed by atoms with Crippen molar-refractivity contribution in [2.45, 2.75) is 27.7 Å². The fourth-order valence-corrected chi connectivity index (χ4v) is 2.68. The maximum atomic E-state index is 11.5. The molecule has 0 rings (SSSR count). The first-order chi connectivity index (χ1) is 6.16. The Bertz CT molecular complexity index is 256. The molecular formula is C9H20ClNO2S. The summed E-state index contributed by atoms with van der Waals surface area (Å²) in [6.07, 6.45) is 0. The van der Waals surface area contributed by atoms with Crippen molar-refractivity contribution in [2.75, 3.05) is 18.2 Å². The molecule has 0 bridgehead atoms. The lowest BCUT2D eigenvalue weighted by molar-refractivity contribution is 0.407. The predicted molar refractivity (Wildman–Crippen MR) is 61.1 cm³/mol. The Morgan fingerprint density at radius 1 is 1.36 bits per heavy atom. The Labute approximate surface area is 92.3 Å². The van der Waals surface area contributed by atoms with E-state index in [1.54, 1.807) is 0 Å². The van der Waals surface area contributed by atoms with Gasteiger partial charge in [-0.2, -0.15) is 0 Å². The van der Waals surface area contributed by atoms with E-state index in [2.05, 4.69) is 4.72 Å². The van der Waals surface area contributed by atoms with Crippen molar-refractivity contribution >= 4 is 21.6 Å². The Balaban J connectivity index is 4.10.